The number of carbonyl (C=O) groups is 1. The maximum absolute atomic E-state index is 12.2. The van der Waals surface area contributed by atoms with Gasteiger partial charge in [0.05, 0.1) is 13.0 Å². The van der Waals surface area contributed by atoms with Crippen LogP contribution in [0.25, 0.3) is 0 Å². The highest BCUT2D eigenvalue weighted by molar-refractivity contribution is 5.76. The molecule has 80 valence electrons. The van der Waals surface area contributed by atoms with Crippen molar-refractivity contribution in [2.45, 2.75) is 24.7 Å². The average Bonchev–Trinajstić information content (AvgIpc) is 2.63. The molecule has 6 heteroatoms. The molecule has 2 rings (SSSR count). The highest BCUT2D eigenvalue weighted by Crippen LogP contribution is 2.55. The van der Waals surface area contributed by atoms with E-state index in [1.807, 2.05) is 0 Å². The molecule has 1 aliphatic carbocycles. The van der Waals surface area contributed by atoms with Gasteiger partial charge in [-0.3, -0.25) is 4.79 Å². The number of halogens is 3. The zero-order valence-electron chi connectivity index (χ0n) is 7.47. The second kappa shape index (κ2) is 2.85. The second-order valence-corrected chi connectivity index (χ2v) is 3.74. The van der Waals surface area contributed by atoms with Crippen LogP contribution in [0.3, 0.4) is 0 Å². The van der Waals surface area contributed by atoms with Gasteiger partial charge in [0.25, 0.3) is 0 Å². The molecule has 3 nitrogen and oxygen atoms in total. The lowest BCUT2D eigenvalue weighted by Gasteiger charge is -2.14. The normalized spacial score (nSPS) is 40.6. The van der Waals surface area contributed by atoms with Gasteiger partial charge in [0.15, 0.2) is 0 Å². The number of esters is 1. The maximum Gasteiger partial charge on any atom is 0.393 e. The molecule has 1 heterocycles. The first-order valence-corrected chi connectivity index (χ1v) is 4.35. The third-order valence-corrected chi connectivity index (χ3v) is 2.93. The van der Waals surface area contributed by atoms with E-state index in [0.29, 0.717) is 0 Å². The van der Waals surface area contributed by atoms with E-state index in [-0.39, 0.29) is 6.42 Å². The number of piperidine rings is 1. The number of nitrogens with one attached hydrogen (secondary N) is 1. The number of hydrogen-bond acceptors (Lipinski definition) is 3. The monoisotopic (exact) mass is 209 g/mol. The van der Waals surface area contributed by atoms with E-state index in [9.17, 15) is 18.0 Å². The average molecular weight is 209 g/mol. The van der Waals surface area contributed by atoms with Gasteiger partial charge < -0.3 is 10.1 Å². The molecular formula is C8H10F3NO2. The van der Waals surface area contributed by atoms with Crippen molar-refractivity contribution in [2.24, 2.45) is 11.8 Å². The van der Waals surface area contributed by atoms with Crippen LogP contribution in [0.1, 0.15) is 6.42 Å². The number of hydrogen-bond donors (Lipinski definition) is 1. The molecule has 4 atom stereocenters. The lowest BCUT2D eigenvalue weighted by atomic mass is 10.1. The first-order valence-electron chi connectivity index (χ1n) is 4.35. The summed E-state index contributed by atoms with van der Waals surface area (Å²) in [5.74, 6) is -2.17. The van der Waals surface area contributed by atoms with Crippen molar-refractivity contribution in [1.82, 2.24) is 5.32 Å². The fourth-order valence-electron chi connectivity index (χ4n) is 2.22. The zero-order chi connectivity index (χ0) is 10.5. The smallest absolute Gasteiger partial charge is 0.393 e. The summed E-state index contributed by atoms with van der Waals surface area (Å²) in [5.41, 5.74) is 0. The van der Waals surface area contributed by atoms with E-state index in [0.717, 1.165) is 0 Å². The van der Waals surface area contributed by atoms with Crippen LogP contribution in [0.5, 0.6) is 0 Å². The molecular weight excluding hydrogens is 199 g/mol. The third-order valence-electron chi connectivity index (χ3n) is 2.93. The van der Waals surface area contributed by atoms with Crippen LogP contribution >= 0.6 is 0 Å². The van der Waals surface area contributed by atoms with Crippen molar-refractivity contribution in [3.63, 3.8) is 0 Å². The van der Waals surface area contributed by atoms with Crippen molar-refractivity contribution in [3.8, 4) is 0 Å². The SMILES string of the molecule is COC(=O)[C@@H]1C[C@@H]2[C@H](N1)[C@@H]2C(F)(F)F. The lowest BCUT2D eigenvalue weighted by Crippen LogP contribution is -2.38. The summed E-state index contributed by atoms with van der Waals surface area (Å²) in [6.45, 7) is 0. The Kier molecular flexibility index (Phi) is 1.99. The molecule has 2 fully saturated rings. The van der Waals surface area contributed by atoms with E-state index in [2.05, 4.69) is 10.1 Å². The summed E-state index contributed by atoms with van der Waals surface area (Å²) in [6, 6.07) is -1.12. The van der Waals surface area contributed by atoms with Gasteiger partial charge in [-0.1, -0.05) is 0 Å². The van der Waals surface area contributed by atoms with E-state index in [1.165, 1.54) is 7.11 Å². The van der Waals surface area contributed by atoms with Gasteiger partial charge >= 0.3 is 12.1 Å². The lowest BCUT2D eigenvalue weighted by molar-refractivity contribution is -0.157. The van der Waals surface area contributed by atoms with Gasteiger partial charge in [0.1, 0.15) is 6.04 Å². The summed E-state index contributed by atoms with van der Waals surface area (Å²) in [6.07, 6.45) is -3.90. The molecule has 0 bridgehead atoms. The van der Waals surface area contributed by atoms with E-state index < -0.39 is 36.1 Å². The molecule has 0 unspecified atom stereocenters. The Labute approximate surface area is 78.6 Å². The second-order valence-electron chi connectivity index (χ2n) is 3.74. The van der Waals surface area contributed by atoms with Crippen LogP contribution in [-0.4, -0.2) is 31.3 Å². The fraction of sp³-hybridized carbons (Fsp3) is 0.875. The van der Waals surface area contributed by atoms with Crippen molar-refractivity contribution >= 4 is 5.97 Å². The van der Waals surface area contributed by atoms with Crippen LogP contribution < -0.4 is 5.32 Å². The van der Waals surface area contributed by atoms with Crippen LogP contribution in [0.15, 0.2) is 0 Å². The number of alkyl halides is 3. The summed E-state index contributed by atoms with van der Waals surface area (Å²) in [4.78, 5) is 11.0. The highest BCUT2D eigenvalue weighted by atomic mass is 19.4. The number of fused-ring (bicyclic) bond motifs is 1. The molecule has 0 amide bonds. The summed E-state index contributed by atoms with van der Waals surface area (Å²) in [7, 11) is 1.23. The Hall–Kier alpha value is -0.780. The summed E-state index contributed by atoms with van der Waals surface area (Å²) < 4.78 is 41.1. The number of ether oxygens (including phenoxy) is 1. The molecule has 1 aliphatic heterocycles. The first-order chi connectivity index (χ1) is 6.45. The molecule has 1 saturated carbocycles. The van der Waals surface area contributed by atoms with E-state index in [1.54, 1.807) is 0 Å². The molecule has 14 heavy (non-hydrogen) atoms. The van der Waals surface area contributed by atoms with Crippen LogP contribution in [0.4, 0.5) is 13.2 Å². The van der Waals surface area contributed by atoms with Crippen molar-refractivity contribution in [3.05, 3.63) is 0 Å². The van der Waals surface area contributed by atoms with Crippen molar-refractivity contribution in [1.29, 1.82) is 0 Å². The van der Waals surface area contributed by atoms with Crippen LogP contribution in [-0.2, 0) is 9.53 Å². The predicted octanol–water partition coefficient (Wildman–Crippen LogP) is 0.698. The maximum atomic E-state index is 12.2. The van der Waals surface area contributed by atoms with Crippen LogP contribution in [0.2, 0.25) is 0 Å². The molecule has 0 spiro atoms. The highest BCUT2D eigenvalue weighted by Gasteiger charge is 2.68. The van der Waals surface area contributed by atoms with Gasteiger partial charge in [0, 0.05) is 6.04 Å². The molecule has 0 aromatic carbocycles. The number of methoxy groups -OCH3 is 1. The third kappa shape index (κ3) is 1.37. The van der Waals surface area contributed by atoms with Gasteiger partial charge in [0.2, 0.25) is 0 Å². The van der Waals surface area contributed by atoms with E-state index >= 15 is 0 Å². The minimum atomic E-state index is -4.14. The summed E-state index contributed by atoms with van der Waals surface area (Å²) >= 11 is 0. The van der Waals surface area contributed by atoms with Gasteiger partial charge in [-0.05, 0) is 12.3 Å². The quantitative estimate of drug-likeness (QED) is 0.646. The van der Waals surface area contributed by atoms with Crippen LogP contribution in [0, 0.1) is 11.8 Å². The number of rotatable bonds is 1. The minimum Gasteiger partial charge on any atom is -0.468 e. The van der Waals surface area contributed by atoms with Gasteiger partial charge in [-0.2, -0.15) is 13.2 Å². The van der Waals surface area contributed by atoms with Gasteiger partial charge in [-0.15, -0.1) is 0 Å². The molecule has 2 aliphatic rings. The van der Waals surface area contributed by atoms with Gasteiger partial charge in [-0.25, -0.2) is 0 Å². The Morgan fingerprint density at radius 2 is 2.14 bits per heavy atom. The minimum absolute atomic E-state index is 0.238. The van der Waals surface area contributed by atoms with E-state index in [4.69, 9.17) is 0 Å². The standard InChI is InChI=1S/C8H10F3NO2/c1-14-7(13)4-2-3-5(6(3)12-4)8(9,10)11/h3-6,12H,2H2,1H3/t3-,4-,5+,6-/m0/s1. The summed E-state index contributed by atoms with van der Waals surface area (Å²) in [5, 5.41) is 2.64. The Morgan fingerprint density at radius 3 is 2.50 bits per heavy atom. The number of carbonyl (C=O) groups excluding carboxylic acids is 1. The molecule has 1 N–H and O–H groups in total. The first kappa shape index (κ1) is 9.76. The zero-order valence-corrected chi connectivity index (χ0v) is 7.47. The predicted molar refractivity (Wildman–Crippen MR) is 40.4 cm³/mol. The fourth-order valence-corrected chi connectivity index (χ4v) is 2.22. The largest absolute Gasteiger partial charge is 0.468 e. The topological polar surface area (TPSA) is 38.3 Å². The molecule has 0 aromatic heterocycles. The van der Waals surface area contributed by atoms with Crippen molar-refractivity contribution in [2.75, 3.05) is 7.11 Å². The molecule has 0 radical (unpaired) electrons. The Bertz CT molecular complexity index is 254. The molecule has 1 saturated heterocycles. The Morgan fingerprint density at radius 1 is 1.50 bits per heavy atom. The Balaban J connectivity index is 1.91. The van der Waals surface area contributed by atoms with Crippen molar-refractivity contribution < 1.29 is 22.7 Å². The molecule has 0 aromatic rings.